The number of ether oxygens (including phenoxy) is 1. The van der Waals surface area contributed by atoms with Gasteiger partial charge in [-0.1, -0.05) is 6.92 Å². The lowest BCUT2D eigenvalue weighted by Gasteiger charge is -2.35. The van der Waals surface area contributed by atoms with Crippen molar-refractivity contribution in [2.24, 2.45) is 5.92 Å². The Labute approximate surface area is 81.4 Å². The molecule has 1 rings (SSSR count). The number of nitrogens with one attached hydrogen (secondary N) is 1. The molecule has 3 nitrogen and oxygen atoms in total. The molecule has 1 aliphatic rings. The van der Waals surface area contributed by atoms with Crippen molar-refractivity contribution in [1.82, 2.24) is 10.2 Å². The minimum atomic E-state index is 0.551. The smallest absolute Gasteiger partial charge is 0.0615 e. The van der Waals surface area contributed by atoms with E-state index in [0.29, 0.717) is 6.04 Å². The van der Waals surface area contributed by atoms with Crippen LogP contribution in [0.25, 0.3) is 0 Å². The molecule has 1 saturated heterocycles. The maximum absolute atomic E-state index is 5.16. The van der Waals surface area contributed by atoms with Gasteiger partial charge < -0.3 is 10.1 Å². The van der Waals surface area contributed by atoms with Crippen molar-refractivity contribution >= 4 is 0 Å². The molecule has 1 atom stereocenters. The third kappa shape index (κ3) is 3.25. The first-order valence-electron chi connectivity index (χ1n) is 5.21. The van der Waals surface area contributed by atoms with Gasteiger partial charge >= 0.3 is 0 Å². The van der Waals surface area contributed by atoms with Crippen molar-refractivity contribution in [2.75, 3.05) is 39.9 Å². The molecule has 3 heteroatoms. The fourth-order valence-electron chi connectivity index (χ4n) is 1.78. The summed E-state index contributed by atoms with van der Waals surface area (Å²) in [6.07, 6.45) is 0. The number of hydrogen-bond acceptors (Lipinski definition) is 3. The van der Waals surface area contributed by atoms with Crippen LogP contribution < -0.4 is 5.32 Å². The molecule has 1 fully saturated rings. The topological polar surface area (TPSA) is 24.5 Å². The molecule has 0 spiro atoms. The van der Waals surface area contributed by atoms with Crippen LogP contribution >= 0.6 is 0 Å². The molecular weight excluding hydrogens is 164 g/mol. The minimum absolute atomic E-state index is 0.551. The standard InChI is InChI=1S/C10H22N2O/c1-4-12(9(2)8-13-3)7-10-5-11-6-10/h9-11H,4-8H2,1-3H3. The molecule has 1 heterocycles. The largest absolute Gasteiger partial charge is 0.383 e. The molecule has 1 aliphatic heterocycles. The third-order valence-electron chi connectivity index (χ3n) is 2.80. The van der Waals surface area contributed by atoms with E-state index in [0.717, 1.165) is 19.1 Å². The molecule has 0 bridgehead atoms. The van der Waals surface area contributed by atoms with E-state index in [1.165, 1.54) is 19.6 Å². The van der Waals surface area contributed by atoms with E-state index in [1.54, 1.807) is 7.11 Å². The van der Waals surface area contributed by atoms with Gasteiger partial charge in [-0.25, -0.2) is 0 Å². The molecule has 0 radical (unpaired) electrons. The highest BCUT2D eigenvalue weighted by atomic mass is 16.5. The molecule has 1 unspecified atom stereocenters. The van der Waals surface area contributed by atoms with Crippen molar-refractivity contribution in [3.63, 3.8) is 0 Å². The van der Waals surface area contributed by atoms with Crippen molar-refractivity contribution < 1.29 is 4.74 Å². The molecule has 1 N–H and O–H groups in total. The Morgan fingerprint density at radius 1 is 1.54 bits per heavy atom. The Balaban J connectivity index is 2.23. The molecule has 13 heavy (non-hydrogen) atoms. The summed E-state index contributed by atoms with van der Waals surface area (Å²) >= 11 is 0. The molecule has 0 saturated carbocycles. The second-order valence-electron chi connectivity index (χ2n) is 3.92. The molecule has 78 valence electrons. The van der Waals surface area contributed by atoms with Crippen molar-refractivity contribution in [3.05, 3.63) is 0 Å². The zero-order valence-corrected chi connectivity index (χ0v) is 9.05. The predicted octanol–water partition coefficient (Wildman–Crippen LogP) is 0.563. The van der Waals surface area contributed by atoms with Gasteiger partial charge in [-0.15, -0.1) is 0 Å². The first-order chi connectivity index (χ1) is 6.27. The van der Waals surface area contributed by atoms with Crippen LogP contribution in [-0.2, 0) is 4.74 Å². The van der Waals surface area contributed by atoms with Gasteiger partial charge in [-0.3, -0.25) is 4.90 Å². The summed E-state index contributed by atoms with van der Waals surface area (Å²) < 4.78 is 5.16. The average Bonchev–Trinajstić information content (AvgIpc) is 2.03. The molecule has 0 aromatic carbocycles. The highest BCUT2D eigenvalue weighted by molar-refractivity contribution is 4.79. The first kappa shape index (κ1) is 11.0. The Morgan fingerprint density at radius 3 is 2.62 bits per heavy atom. The normalized spacial score (nSPS) is 20.3. The lowest BCUT2D eigenvalue weighted by atomic mass is 10.0. The summed E-state index contributed by atoms with van der Waals surface area (Å²) in [4.78, 5) is 2.50. The highest BCUT2D eigenvalue weighted by Gasteiger charge is 2.21. The second-order valence-corrected chi connectivity index (χ2v) is 3.92. The first-order valence-corrected chi connectivity index (χ1v) is 5.21. The predicted molar refractivity (Wildman–Crippen MR) is 54.9 cm³/mol. The number of hydrogen-bond donors (Lipinski definition) is 1. The second kappa shape index (κ2) is 5.58. The van der Waals surface area contributed by atoms with Gasteiger partial charge in [0.15, 0.2) is 0 Å². The molecular formula is C10H22N2O. The Kier molecular flexibility index (Phi) is 4.70. The van der Waals surface area contributed by atoms with Crippen molar-refractivity contribution in [2.45, 2.75) is 19.9 Å². The fraction of sp³-hybridized carbons (Fsp3) is 1.00. The fourth-order valence-corrected chi connectivity index (χ4v) is 1.78. The molecule has 0 aliphatic carbocycles. The summed E-state index contributed by atoms with van der Waals surface area (Å²) in [5, 5.41) is 3.30. The highest BCUT2D eigenvalue weighted by Crippen LogP contribution is 2.08. The van der Waals surface area contributed by atoms with E-state index in [4.69, 9.17) is 4.74 Å². The van der Waals surface area contributed by atoms with Gasteiger partial charge in [-0.05, 0) is 19.4 Å². The van der Waals surface area contributed by atoms with E-state index >= 15 is 0 Å². The maximum atomic E-state index is 5.16. The Bertz CT molecular complexity index is 137. The van der Waals surface area contributed by atoms with E-state index in [1.807, 2.05) is 0 Å². The van der Waals surface area contributed by atoms with Gasteiger partial charge in [0.05, 0.1) is 6.61 Å². The van der Waals surface area contributed by atoms with Crippen LogP contribution in [0.3, 0.4) is 0 Å². The van der Waals surface area contributed by atoms with Crippen LogP contribution in [0.1, 0.15) is 13.8 Å². The van der Waals surface area contributed by atoms with Crippen LogP contribution in [0.5, 0.6) is 0 Å². The Morgan fingerprint density at radius 2 is 2.23 bits per heavy atom. The number of methoxy groups -OCH3 is 1. The van der Waals surface area contributed by atoms with E-state index in [9.17, 15) is 0 Å². The van der Waals surface area contributed by atoms with Gasteiger partial charge in [0, 0.05) is 32.8 Å². The maximum Gasteiger partial charge on any atom is 0.0615 e. The summed E-state index contributed by atoms with van der Waals surface area (Å²) in [6.45, 7) is 10.0. The van der Waals surface area contributed by atoms with Crippen LogP contribution in [0.2, 0.25) is 0 Å². The van der Waals surface area contributed by atoms with Gasteiger partial charge in [-0.2, -0.15) is 0 Å². The Hall–Kier alpha value is -0.120. The van der Waals surface area contributed by atoms with Gasteiger partial charge in [0.2, 0.25) is 0 Å². The molecule has 0 aromatic heterocycles. The quantitative estimate of drug-likeness (QED) is 0.656. The van der Waals surface area contributed by atoms with E-state index in [2.05, 4.69) is 24.1 Å². The number of likely N-dealkylation sites (N-methyl/N-ethyl adjacent to an activating group) is 1. The molecule has 0 aromatic rings. The molecule has 0 amide bonds. The number of rotatable bonds is 6. The minimum Gasteiger partial charge on any atom is -0.383 e. The SMILES string of the molecule is CCN(CC1CNC1)C(C)COC. The lowest BCUT2D eigenvalue weighted by molar-refractivity contribution is 0.0837. The van der Waals surface area contributed by atoms with Crippen LogP contribution in [-0.4, -0.2) is 50.8 Å². The van der Waals surface area contributed by atoms with E-state index < -0.39 is 0 Å². The van der Waals surface area contributed by atoms with Crippen molar-refractivity contribution in [3.8, 4) is 0 Å². The zero-order chi connectivity index (χ0) is 9.68. The summed E-state index contributed by atoms with van der Waals surface area (Å²) in [7, 11) is 1.77. The van der Waals surface area contributed by atoms with E-state index in [-0.39, 0.29) is 0 Å². The lowest BCUT2D eigenvalue weighted by Crippen LogP contribution is -2.50. The zero-order valence-electron chi connectivity index (χ0n) is 9.05. The van der Waals surface area contributed by atoms with Crippen LogP contribution in [0.4, 0.5) is 0 Å². The average molecular weight is 186 g/mol. The summed E-state index contributed by atoms with van der Waals surface area (Å²) in [5.41, 5.74) is 0. The third-order valence-corrected chi connectivity index (χ3v) is 2.80. The van der Waals surface area contributed by atoms with Crippen molar-refractivity contribution in [1.29, 1.82) is 0 Å². The van der Waals surface area contributed by atoms with Crippen LogP contribution in [0.15, 0.2) is 0 Å². The van der Waals surface area contributed by atoms with Crippen LogP contribution in [0, 0.1) is 5.92 Å². The monoisotopic (exact) mass is 186 g/mol. The summed E-state index contributed by atoms with van der Waals surface area (Å²) in [5.74, 6) is 0.860. The summed E-state index contributed by atoms with van der Waals surface area (Å²) in [6, 6.07) is 0.551. The van der Waals surface area contributed by atoms with Gasteiger partial charge in [0.25, 0.3) is 0 Å². The number of nitrogens with zero attached hydrogens (tertiary/aromatic N) is 1. The van der Waals surface area contributed by atoms with Gasteiger partial charge in [0.1, 0.15) is 0 Å².